The first-order valence-corrected chi connectivity index (χ1v) is 26.2. The SMILES string of the molecule is C[Si]1(c2ccccc2)c2cccc3c2B2c4c(cccc4N(c4ccc(C56CC7CC(CC5C7)C6)cc4)c4cccc1c42)N3c1ccc(C23CC4CC(CC(C4)C2)C3)cc1. The molecule has 294 valence electrons. The summed E-state index contributed by atoms with van der Waals surface area (Å²) in [6, 6.07) is 53.7. The van der Waals surface area contributed by atoms with Crippen molar-refractivity contribution >= 4 is 80.9 Å². The van der Waals surface area contributed by atoms with E-state index in [1.165, 1.54) is 115 Å². The van der Waals surface area contributed by atoms with Crippen LogP contribution in [0.1, 0.15) is 81.8 Å². The van der Waals surface area contributed by atoms with Crippen molar-refractivity contribution in [2.75, 3.05) is 9.80 Å². The molecule has 6 aromatic carbocycles. The maximum atomic E-state index is 2.67. The molecule has 8 fully saturated rings. The standard InChI is InChI=1S/C56H53BN2Si/c1-60(45-8-3-2-4-9-45)50-14-6-12-48-53(50)57-52-46(58(48)43-20-16-40(17-21-43)55-30-35-24-36(31-55)26-37(25-35)32-55)10-5-11-47(52)59(49-13-7-15-51(60)54(49)57)44-22-18-41(19-23-44)56-33-38-27-39(34-56)29-42(56)28-38/h2-23,35-39,42H,24-34H2,1H3. The van der Waals surface area contributed by atoms with E-state index in [9.17, 15) is 0 Å². The Morgan fingerprint density at radius 2 is 0.900 bits per heavy atom. The van der Waals surface area contributed by atoms with Crippen LogP contribution in [0.3, 0.4) is 0 Å². The molecule has 0 saturated heterocycles. The zero-order valence-corrected chi connectivity index (χ0v) is 35.9. The lowest BCUT2D eigenvalue weighted by atomic mass is 9.33. The zero-order valence-electron chi connectivity index (χ0n) is 34.9. The van der Waals surface area contributed by atoms with Crippen LogP contribution in [-0.4, -0.2) is 14.8 Å². The molecule has 11 aliphatic rings. The normalized spacial score (nSPS) is 33.8. The van der Waals surface area contributed by atoms with Crippen molar-refractivity contribution in [3.8, 4) is 0 Å². The Morgan fingerprint density at radius 1 is 0.450 bits per heavy atom. The average molecular weight is 793 g/mol. The van der Waals surface area contributed by atoms with Gasteiger partial charge in [-0.2, -0.15) is 0 Å². The van der Waals surface area contributed by atoms with Crippen LogP contribution in [0.15, 0.2) is 133 Å². The molecule has 0 radical (unpaired) electrons. The first-order chi connectivity index (χ1) is 29.5. The van der Waals surface area contributed by atoms with Gasteiger partial charge in [0.25, 0.3) is 6.71 Å². The maximum absolute atomic E-state index is 2.67. The van der Waals surface area contributed by atoms with E-state index in [2.05, 4.69) is 150 Å². The third-order valence-corrected chi connectivity index (χ3v) is 23.5. The molecule has 0 N–H and O–H groups in total. The average Bonchev–Trinajstić information content (AvgIpc) is 3.68. The van der Waals surface area contributed by atoms with Gasteiger partial charge in [0.2, 0.25) is 0 Å². The topological polar surface area (TPSA) is 6.48 Å². The van der Waals surface area contributed by atoms with Crippen LogP contribution in [0.25, 0.3) is 0 Å². The van der Waals surface area contributed by atoms with Gasteiger partial charge in [-0.3, -0.25) is 0 Å². The molecule has 4 heteroatoms. The third-order valence-electron chi connectivity index (χ3n) is 19.0. The highest BCUT2D eigenvalue weighted by Crippen LogP contribution is 2.66. The van der Waals surface area contributed by atoms with Crippen molar-refractivity contribution in [3.63, 3.8) is 0 Å². The fourth-order valence-corrected chi connectivity index (χ4v) is 21.6. The number of hydrogen-bond donors (Lipinski definition) is 0. The minimum absolute atomic E-state index is 0.194. The summed E-state index contributed by atoms with van der Waals surface area (Å²) in [5.74, 6) is 5.66. The zero-order chi connectivity index (χ0) is 39.1. The summed E-state index contributed by atoms with van der Waals surface area (Å²) in [4.78, 5) is 5.34. The molecule has 60 heavy (non-hydrogen) atoms. The lowest BCUT2D eigenvalue weighted by molar-refractivity contribution is -0.00518. The summed E-state index contributed by atoms with van der Waals surface area (Å²) in [5, 5.41) is 4.65. The van der Waals surface area contributed by atoms with Gasteiger partial charge < -0.3 is 9.80 Å². The highest BCUT2D eigenvalue weighted by molar-refractivity contribution is 7.21. The van der Waals surface area contributed by atoms with Gasteiger partial charge in [0.15, 0.2) is 0 Å². The van der Waals surface area contributed by atoms with Gasteiger partial charge in [-0.05, 0) is 198 Å². The summed E-state index contributed by atoms with van der Waals surface area (Å²) in [5.41, 5.74) is 16.6. The van der Waals surface area contributed by atoms with Crippen molar-refractivity contribution in [1.82, 2.24) is 0 Å². The van der Waals surface area contributed by atoms with E-state index in [0.29, 0.717) is 10.8 Å². The van der Waals surface area contributed by atoms with E-state index in [0.717, 1.165) is 35.5 Å². The molecule has 0 spiro atoms. The molecule has 2 nitrogen and oxygen atoms in total. The Balaban J connectivity index is 0.932. The predicted molar refractivity (Wildman–Crippen MR) is 253 cm³/mol. The summed E-state index contributed by atoms with van der Waals surface area (Å²) >= 11 is 0. The van der Waals surface area contributed by atoms with Crippen molar-refractivity contribution < 1.29 is 0 Å². The third kappa shape index (κ3) is 4.18. The van der Waals surface area contributed by atoms with Crippen LogP contribution >= 0.6 is 0 Å². The second kappa shape index (κ2) is 11.6. The second-order valence-electron chi connectivity index (χ2n) is 21.8. The lowest BCUT2D eigenvalue weighted by Gasteiger charge is -2.57. The molecule has 8 bridgehead atoms. The highest BCUT2D eigenvalue weighted by atomic mass is 28.3. The Morgan fingerprint density at radius 3 is 1.42 bits per heavy atom. The van der Waals surface area contributed by atoms with Gasteiger partial charge in [0, 0.05) is 34.1 Å². The number of benzene rings is 6. The smallest absolute Gasteiger partial charge is 0.251 e. The van der Waals surface area contributed by atoms with E-state index in [-0.39, 0.29) is 6.71 Å². The largest absolute Gasteiger partial charge is 0.311 e. The minimum atomic E-state index is -2.44. The van der Waals surface area contributed by atoms with Gasteiger partial charge in [0.05, 0.1) is 0 Å². The number of anilines is 6. The van der Waals surface area contributed by atoms with E-state index >= 15 is 0 Å². The molecular weight excluding hydrogens is 740 g/mol. The summed E-state index contributed by atoms with van der Waals surface area (Å²) in [7, 11) is -2.44. The fraction of sp³-hybridized carbons (Fsp3) is 0.357. The van der Waals surface area contributed by atoms with E-state index < -0.39 is 8.07 Å². The molecule has 3 heterocycles. The molecule has 8 aliphatic carbocycles. The number of hydrogen-bond acceptors (Lipinski definition) is 2. The Kier molecular flexibility index (Phi) is 6.52. The van der Waals surface area contributed by atoms with Gasteiger partial charge in [-0.1, -0.05) is 102 Å². The van der Waals surface area contributed by atoms with Crippen LogP contribution in [0.2, 0.25) is 6.55 Å². The molecule has 3 unspecified atom stereocenters. The fourth-order valence-electron chi connectivity index (χ4n) is 17.3. The maximum Gasteiger partial charge on any atom is 0.251 e. The van der Waals surface area contributed by atoms with Crippen LogP contribution in [0, 0.1) is 35.5 Å². The summed E-state index contributed by atoms with van der Waals surface area (Å²) < 4.78 is 0. The van der Waals surface area contributed by atoms with Gasteiger partial charge in [-0.25, -0.2) is 0 Å². The second-order valence-corrected chi connectivity index (χ2v) is 25.7. The lowest BCUT2D eigenvalue weighted by Crippen LogP contribution is -2.83. The number of nitrogens with zero attached hydrogens (tertiary/aromatic N) is 2. The summed E-state index contributed by atoms with van der Waals surface area (Å²) in [6.45, 7) is 2.84. The van der Waals surface area contributed by atoms with Gasteiger partial charge in [0.1, 0.15) is 8.07 Å². The Hall–Kier alpha value is -4.80. The van der Waals surface area contributed by atoms with E-state index in [4.69, 9.17) is 0 Å². The molecule has 0 aromatic heterocycles. The van der Waals surface area contributed by atoms with Crippen molar-refractivity contribution in [2.24, 2.45) is 35.5 Å². The molecular formula is C56H53BN2Si. The first-order valence-electron chi connectivity index (χ1n) is 23.7. The van der Waals surface area contributed by atoms with Crippen molar-refractivity contribution in [1.29, 1.82) is 0 Å². The van der Waals surface area contributed by atoms with Crippen LogP contribution in [0.5, 0.6) is 0 Å². The predicted octanol–water partition coefficient (Wildman–Crippen LogP) is 9.73. The quantitative estimate of drug-likeness (QED) is 0.160. The highest BCUT2D eigenvalue weighted by Gasteiger charge is 2.59. The van der Waals surface area contributed by atoms with Gasteiger partial charge in [-0.15, -0.1) is 0 Å². The molecule has 6 aromatic rings. The van der Waals surface area contributed by atoms with Crippen LogP contribution in [-0.2, 0) is 10.8 Å². The van der Waals surface area contributed by atoms with E-state index in [1.54, 1.807) is 32.4 Å². The molecule has 3 atom stereocenters. The van der Waals surface area contributed by atoms with Crippen LogP contribution < -0.4 is 41.7 Å². The summed E-state index contributed by atoms with van der Waals surface area (Å²) in [6.07, 6.45) is 16.0. The van der Waals surface area contributed by atoms with Crippen molar-refractivity contribution in [3.05, 3.63) is 145 Å². The number of rotatable bonds is 5. The molecule has 8 saturated carbocycles. The van der Waals surface area contributed by atoms with Crippen LogP contribution in [0.4, 0.5) is 34.1 Å². The Bertz CT molecular complexity index is 2740. The van der Waals surface area contributed by atoms with Crippen molar-refractivity contribution in [2.45, 2.75) is 88.0 Å². The molecule has 0 amide bonds. The minimum Gasteiger partial charge on any atom is -0.311 e. The van der Waals surface area contributed by atoms with E-state index in [1.807, 2.05) is 0 Å². The first kappa shape index (κ1) is 33.9. The molecule has 3 aliphatic heterocycles. The Labute approximate surface area is 357 Å². The molecule has 17 rings (SSSR count). The monoisotopic (exact) mass is 792 g/mol. The van der Waals surface area contributed by atoms with Gasteiger partial charge >= 0.3 is 0 Å².